The molecule has 0 fully saturated rings. The first-order valence-corrected chi connectivity index (χ1v) is 8.98. The van der Waals surface area contributed by atoms with Crippen molar-refractivity contribution in [3.05, 3.63) is 70.2 Å². The summed E-state index contributed by atoms with van der Waals surface area (Å²) < 4.78 is 6.54. The molecule has 0 spiro atoms. The number of hydrogen-bond donors (Lipinski definition) is 1. The Bertz CT molecular complexity index is 885. The van der Waals surface area contributed by atoms with Gasteiger partial charge >= 0.3 is 5.97 Å². The fraction of sp³-hybridized carbons (Fsp3) is 0.211. The van der Waals surface area contributed by atoms with E-state index in [9.17, 15) is 9.59 Å². The van der Waals surface area contributed by atoms with Crippen LogP contribution in [0.25, 0.3) is 5.69 Å². The number of amides is 1. The number of rotatable bonds is 6. The van der Waals surface area contributed by atoms with E-state index in [1.807, 2.05) is 42.6 Å². The van der Waals surface area contributed by atoms with Crippen molar-refractivity contribution in [2.45, 2.75) is 19.4 Å². The lowest BCUT2D eigenvalue weighted by Gasteiger charge is -2.16. The number of hydrogen-bond acceptors (Lipinski definition) is 5. The van der Waals surface area contributed by atoms with E-state index < -0.39 is 6.04 Å². The molecule has 0 radical (unpaired) electrons. The van der Waals surface area contributed by atoms with Crippen LogP contribution in [-0.4, -0.2) is 28.8 Å². The van der Waals surface area contributed by atoms with Crippen LogP contribution in [0, 0.1) is 6.92 Å². The highest BCUT2D eigenvalue weighted by Gasteiger charge is 2.20. The Hall–Kier alpha value is -2.93. The van der Waals surface area contributed by atoms with Crippen LogP contribution in [0.15, 0.2) is 54.0 Å². The van der Waals surface area contributed by atoms with Gasteiger partial charge in [-0.05, 0) is 48.7 Å². The van der Waals surface area contributed by atoms with Gasteiger partial charge in [0.25, 0.3) is 5.91 Å². The minimum absolute atomic E-state index is 0.0906. The molecule has 0 aliphatic carbocycles. The number of nitrogens with zero attached hydrogens (tertiary/aromatic N) is 2. The molecule has 7 heteroatoms. The second kappa shape index (κ2) is 7.97. The third kappa shape index (κ3) is 4.00. The van der Waals surface area contributed by atoms with Crippen molar-refractivity contribution in [1.82, 2.24) is 15.1 Å². The average Bonchev–Trinajstić information content (AvgIpc) is 3.32. The summed E-state index contributed by atoms with van der Waals surface area (Å²) in [6.07, 6.45) is 1.82. The molecule has 1 aromatic carbocycles. The molecule has 0 saturated heterocycles. The lowest BCUT2D eigenvalue weighted by molar-refractivity contribution is -0.141. The lowest BCUT2D eigenvalue weighted by atomic mass is 10.1. The maximum Gasteiger partial charge on any atom is 0.307 e. The molecule has 3 aromatic rings. The Morgan fingerprint density at radius 3 is 2.58 bits per heavy atom. The van der Waals surface area contributed by atoms with Crippen LogP contribution >= 0.6 is 11.3 Å². The SMILES string of the molecule is COC(=O)CC(NC(=O)c1ccc(-n2nccc2C)cc1)c1cccs1. The van der Waals surface area contributed by atoms with Crippen molar-refractivity contribution in [3.63, 3.8) is 0 Å². The topological polar surface area (TPSA) is 73.2 Å². The van der Waals surface area contributed by atoms with Gasteiger partial charge in [-0.1, -0.05) is 6.07 Å². The van der Waals surface area contributed by atoms with Crippen LogP contribution in [0.3, 0.4) is 0 Å². The largest absolute Gasteiger partial charge is 0.469 e. The molecule has 0 bridgehead atoms. The molecule has 2 heterocycles. The first kappa shape index (κ1) is 17.9. The Morgan fingerprint density at radius 2 is 2.00 bits per heavy atom. The molecule has 2 aromatic heterocycles. The number of aromatic nitrogens is 2. The van der Waals surface area contributed by atoms with Crippen LogP contribution in [-0.2, 0) is 9.53 Å². The van der Waals surface area contributed by atoms with Gasteiger partial charge in [-0.2, -0.15) is 5.10 Å². The second-order valence-corrected chi connectivity index (χ2v) is 6.73. The monoisotopic (exact) mass is 369 g/mol. The van der Waals surface area contributed by atoms with E-state index in [4.69, 9.17) is 4.74 Å². The Labute approximate surface area is 155 Å². The van der Waals surface area contributed by atoms with Gasteiger partial charge in [0.1, 0.15) is 0 Å². The first-order valence-electron chi connectivity index (χ1n) is 8.10. The third-order valence-corrected chi connectivity index (χ3v) is 4.98. The fourth-order valence-electron chi connectivity index (χ4n) is 2.60. The number of nitrogens with one attached hydrogen (secondary N) is 1. The van der Waals surface area contributed by atoms with E-state index in [1.165, 1.54) is 18.4 Å². The van der Waals surface area contributed by atoms with Gasteiger partial charge in [0.2, 0.25) is 0 Å². The quantitative estimate of drug-likeness (QED) is 0.677. The summed E-state index contributed by atoms with van der Waals surface area (Å²) in [6.45, 7) is 1.96. The lowest BCUT2D eigenvalue weighted by Crippen LogP contribution is -2.30. The predicted octanol–water partition coefficient (Wildman–Crippen LogP) is 3.28. The summed E-state index contributed by atoms with van der Waals surface area (Å²) in [7, 11) is 1.34. The van der Waals surface area contributed by atoms with Gasteiger partial charge < -0.3 is 10.1 Å². The Balaban J connectivity index is 1.75. The molecule has 134 valence electrons. The molecule has 1 amide bonds. The summed E-state index contributed by atoms with van der Waals surface area (Å²) >= 11 is 1.49. The van der Waals surface area contributed by atoms with E-state index in [0.29, 0.717) is 5.56 Å². The third-order valence-electron chi connectivity index (χ3n) is 4.00. The summed E-state index contributed by atoms with van der Waals surface area (Å²) in [5, 5.41) is 9.08. The van der Waals surface area contributed by atoms with E-state index in [0.717, 1.165) is 16.3 Å². The number of ether oxygens (including phenoxy) is 1. The minimum atomic E-state index is -0.414. The number of esters is 1. The van der Waals surface area contributed by atoms with Crippen molar-refractivity contribution in [1.29, 1.82) is 0 Å². The zero-order chi connectivity index (χ0) is 18.5. The van der Waals surface area contributed by atoms with E-state index in [-0.39, 0.29) is 18.3 Å². The van der Waals surface area contributed by atoms with Gasteiger partial charge in [0.05, 0.1) is 25.3 Å². The average molecular weight is 369 g/mol. The van der Waals surface area contributed by atoms with E-state index >= 15 is 0 Å². The first-order chi connectivity index (χ1) is 12.6. The number of carbonyl (C=O) groups excluding carboxylic acids is 2. The maximum atomic E-state index is 12.6. The maximum absolute atomic E-state index is 12.6. The summed E-state index contributed by atoms with van der Waals surface area (Å²) in [6, 6.07) is 12.5. The number of benzene rings is 1. The molecule has 1 N–H and O–H groups in total. The van der Waals surface area contributed by atoms with Crippen molar-refractivity contribution in [3.8, 4) is 5.69 Å². The molecule has 0 aliphatic heterocycles. The van der Waals surface area contributed by atoms with Crippen LogP contribution < -0.4 is 5.32 Å². The van der Waals surface area contributed by atoms with E-state index in [2.05, 4.69) is 10.4 Å². The van der Waals surface area contributed by atoms with Crippen molar-refractivity contribution >= 4 is 23.2 Å². The smallest absolute Gasteiger partial charge is 0.307 e. The highest BCUT2D eigenvalue weighted by Crippen LogP contribution is 2.23. The Morgan fingerprint density at radius 1 is 1.23 bits per heavy atom. The van der Waals surface area contributed by atoms with Gasteiger partial charge in [-0.25, -0.2) is 4.68 Å². The minimum Gasteiger partial charge on any atom is -0.469 e. The summed E-state index contributed by atoms with van der Waals surface area (Å²) in [4.78, 5) is 25.2. The summed E-state index contributed by atoms with van der Waals surface area (Å²) in [5.74, 6) is -0.607. The molecule has 1 unspecified atom stereocenters. The highest BCUT2D eigenvalue weighted by molar-refractivity contribution is 7.10. The van der Waals surface area contributed by atoms with Gasteiger partial charge in [0.15, 0.2) is 0 Å². The number of aryl methyl sites for hydroxylation is 1. The molecule has 26 heavy (non-hydrogen) atoms. The molecule has 6 nitrogen and oxygen atoms in total. The summed E-state index contributed by atoms with van der Waals surface area (Å²) in [5.41, 5.74) is 2.41. The van der Waals surface area contributed by atoms with Crippen LogP contribution in [0.2, 0.25) is 0 Å². The molecular formula is C19H19N3O3S. The predicted molar refractivity (Wildman–Crippen MR) is 99.5 cm³/mol. The van der Waals surface area contributed by atoms with Gasteiger partial charge in [-0.3, -0.25) is 9.59 Å². The zero-order valence-electron chi connectivity index (χ0n) is 14.5. The number of methoxy groups -OCH3 is 1. The molecular weight excluding hydrogens is 350 g/mol. The highest BCUT2D eigenvalue weighted by atomic mass is 32.1. The van der Waals surface area contributed by atoms with Crippen molar-refractivity contribution in [2.75, 3.05) is 7.11 Å². The number of carbonyl (C=O) groups is 2. The normalized spacial score (nSPS) is 11.8. The molecule has 0 saturated carbocycles. The fourth-order valence-corrected chi connectivity index (χ4v) is 3.38. The van der Waals surface area contributed by atoms with Crippen LogP contribution in [0.4, 0.5) is 0 Å². The van der Waals surface area contributed by atoms with Crippen LogP contribution in [0.1, 0.15) is 33.4 Å². The molecule has 0 aliphatic rings. The molecule has 3 rings (SSSR count). The standard InChI is InChI=1S/C19H19N3O3S/c1-13-9-10-20-22(13)15-7-5-14(6-8-15)19(24)21-16(12-18(23)25-2)17-4-3-11-26-17/h3-11,16H,12H2,1-2H3,(H,21,24). The van der Waals surface area contributed by atoms with Gasteiger partial charge in [-0.15, -0.1) is 11.3 Å². The van der Waals surface area contributed by atoms with Crippen molar-refractivity contribution in [2.24, 2.45) is 0 Å². The Kier molecular flexibility index (Phi) is 5.48. The zero-order valence-corrected chi connectivity index (χ0v) is 15.3. The molecule has 1 atom stereocenters. The van der Waals surface area contributed by atoms with Crippen molar-refractivity contribution < 1.29 is 14.3 Å². The second-order valence-electron chi connectivity index (χ2n) is 5.75. The van der Waals surface area contributed by atoms with E-state index in [1.54, 1.807) is 23.0 Å². The van der Waals surface area contributed by atoms with Crippen LogP contribution in [0.5, 0.6) is 0 Å². The van der Waals surface area contributed by atoms with Gasteiger partial charge in [0, 0.05) is 22.3 Å². The number of thiophene rings is 1.